The van der Waals surface area contributed by atoms with Gasteiger partial charge in [0.2, 0.25) is 0 Å². The van der Waals surface area contributed by atoms with Crippen molar-refractivity contribution in [3.05, 3.63) is 46.8 Å². The van der Waals surface area contributed by atoms with Crippen LogP contribution in [0.3, 0.4) is 0 Å². The Morgan fingerprint density at radius 1 is 1.11 bits per heavy atom. The van der Waals surface area contributed by atoms with Crippen molar-refractivity contribution in [1.29, 1.82) is 0 Å². The van der Waals surface area contributed by atoms with E-state index in [1.54, 1.807) is 21.1 Å². The number of carbonyl (C=O) groups is 1. The summed E-state index contributed by atoms with van der Waals surface area (Å²) in [5.74, 6) is 1.21. The summed E-state index contributed by atoms with van der Waals surface area (Å²) in [7, 11) is 3.17. The van der Waals surface area contributed by atoms with E-state index in [0.29, 0.717) is 33.9 Å². The molecule has 1 N–H and O–H groups in total. The molecule has 0 spiro atoms. The van der Waals surface area contributed by atoms with Crippen molar-refractivity contribution in [3.8, 4) is 11.5 Å². The molecule has 7 nitrogen and oxygen atoms in total. The summed E-state index contributed by atoms with van der Waals surface area (Å²) in [4.78, 5) is 17.6. The van der Waals surface area contributed by atoms with Gasteiger partial charge in [0.05, 0.1) is 36.9 Å². The molecule has 2 aromatic heterocycles. The van der Waals surface area contributed by atoms with Gasteiger partial charge < -0.3 is 19.3 Å². The number of methoxy groups -OCH3 is 2. The molecule has 28 heavy (non-hydrogen) atoms. The second-order valence-corrected chi connectivity index (χ2v) is 7.01. The predicted molar refractivity (Wildman–Crippen MR) is 106 cm³/mol. The van der Waals surface area contributed by atoms with Gasteiger partial charge in [-0.2, -0.15) is 0 Å². The Morgan fingerprint density at radius 2 is 1.82 bits per heavy atom. The highest BCUT2D eigenvalue weighted by Crippen LogP contribution is 2.30. The van der Waals surface area contributed by atoms with Crippen LogP contribution in [0.2, 0.25) is 0 Å². The molecule has 1 amide bonds. The molecule has 0 aliphatic heterocycles. The fourth-order valence-corrected chi connectivity index (χ4v) is 3.07. The Balaban J connectivity index is 1.93. The number of hydrogen-bond donors (Lipinski definition) is 1. The van der Waals surface area contributed by atoms with Gasteiger partial charge in [-0.25, -0.2) is 4.98 Å². The maximum absolute atomic E-state index is 13.1. The highest BCUT2D eigenvalue weighted by molar-refractivity contribution is 6.06. The van der Waals surface area contributed by atoms with Crippen LogP contribution in [-0.4, -0.2) is 30.3 Å². The van der Waals surface area contributed by atoms with Crippen molar-refractivity contribution >= 4 is 17.0 Å². The highest BCUT2D eigenvalue weighted by Gasteiger charge is 2.21. The lowest BCUT2D eigenvalue weighted by atomic mass is 10.0. The number of carbonyl (C=O) groups excluding carboxylic acids is 1. The summed E-state index contributed by atoms with van der Waals surface area (Å²) < 4.78 is 15.9. The van der Waals surface area contributed by atoms with E-state index < -0.39 is 0 Å². The number of aromatic nitrogens is 2. The first-order valence-electron chi connectivity index (χ1n) is 9.15. The number of nitrogens with one attached hydrogen (secondary N) is 1. The smallest absolute Gasteiger partial charge is 0.259 e. The van der Waals surface area contributed by atoms with Gasteiger partial charge >= 0.3 is 0 Å². The molecule has 0 aliphatic carbocycles. The first-order valence-corrected chi connectivity index (χ1v) is 9.15. The molecule has 0 bridgehead atoms. The van der Waals surface area contributed by atoms with Crippen molar-refractivity contribution in [3.63, 3.8) is 0 Å². The summed E-state index contributed by atoms with van der Waals surface area (Å²) in [5, 5.41) is 7.65. The maximum atomic E-state index is 13.1. The Labute approximate surface area is 164 Å². The van der Waals surface area contributed by atoms with Gasteiger partial charge in [0.25, 0.3) is 11.6 Å². The van der Waals surface area contributed by atoms with Crippen molar-refractivity contribution < 1.29 is 18.8 Å². The lowest BCUT2D eigenvalue weighted by molar-refractivity contribution is 0.0941. The van der Waals surface area contributed by atoms with Gasteiger partial charge in [-0.3, -0.25) is 4.79 Å². The number of pyridine rings is 1. The molecule has 1 unspecified atom stereocenters. The number of benzene rings is 1. The van der Waals surface area contributed by atoms with Gasteiger partial charge in [0.1, 0.15) is 0 Å². The van der Waals surface area contributed by atoms with E-state index in [1.165, 1.54) is 0 Å². The molecule has 0 radical (unpaired) electrons. The molecule has 0 aliphatic rings. The third-order valence-corrected chi connectivity index (χ3v) is 4.73. The van der Waals surface area contributed by atoms with E-state index in [2.05, 4.69) is 15.5 Å². The van der Waals surface area contributed by atoms with Crippen LogP contribution in [0.1, 0.15) is 60.0 Å². The van der Waals surface area contributed by atoms with Crippen LogP contribution >= 0.6 is 0 Å². The summed E-state index contributed by atoms with van der Waals surface area (Å²) in [6, 6.07) is 7.16. The topological polar surface area (TPSA) is 86.5 Å². The van der Waals surface area contributed by atoms with Crippen LogP contribution in [0.5, 0.6) is 11.5 Å². The Bertz CT molecular complexity index is 1010. The lowest BCUT2D eigenvalue weighted by Gasteiger charge is -2.17. The van der Waals surface area contributed by atoms with E-state index in [1.807, 2.05) is 45.0 Å². The van der Waals surface area contributed by atoms with Crippen LogP contribution in [0.15, 0.2) is 28.8 Å². The van der Waals surface area contributed by atoms with Gasteiger partial charge in [0.15, 0.2) is 11.5 Å². The van der Waals surface area contributed by atoms with Gasteiger partial charge in [-0.05, 0) is 43.5 Å². The normalized spacial score (nSPS) is 12.2. The largest absolute Gasteiger partial charge is 0.493 e. The fraction of sp³-hybridized carbons (Fsp3) is 0.381. The molecule has 1 atom stereocenters. The average Bonchev–Trinajstić information content (AvgIpc) is 3.07. The van der Waals surface area contributed by atoms with Gasteiger partial charge in [0, 0.05) is 5.69 Å². The second kappa shape index (κ2) is 7.88. The Hall–Kier alpha value is -3.09. The molecular weight excluding hydrogens is 358 g/mol. The third-order valence-electron chi connectivity index (χ3n) is 4.73. The van der Waals surface area contributed by atoms with Crippen molar-refractivity contribution in [2.45, 2.75) is 39.7 Å². The van der Waals surface area contributed by atoms with Crippen molar-refractivity contribution in [2.75, 3.05) is 14.2 Å². The minimum atomic E-state index is -0.238. The number of amides is 1. The molecule has 3 aromatic rings. The zero-order chi connectivity index (χ0) is 20.4. The quantitative estimate of drug-likeness (QED) is 0.688. The maximum Gasteiger partial charge on any atom is 0.259 e. The lowest BCUT2D eigenvalue weighted by Crippen LogP contribution is -2.27. The van der Waals surface area contributed by atoms with Crippen molar-refractivity contribution in [1.82, 2.24) is 15.5 Å². The summed E-state index contributed by atoms with van der Waals surface area (Å²) >= 11 is 0. The van der Waals surface area contributed by atoms with Crippen LogP contribution in [-0.2, 0) is 0 Å². The zero-order valence-corrected chi connectivity index (χ0v) is 17.0. The van der Waals surface area contributed by atoms with Gasteiger partial charge in [-0.15, -0.1) is 0 Å². The van der Waals surface area contributed by atoms with E-state index >= 15 is 0 Å². The monoisotopic (exact) mass is 383 g/mol. The average molecular weight is 383 g/mol. The number of ether oxygens (including phenoxy) is 2. The highest BCUT2D eigenvalue weighted by atomic mass is 16.5. The second-order valence-electron chi connectivity index (χ2n) is 7.01. The molecule has 0 saturated carbocycles. The van der Waals surface area contributed by atoms with Crippen LogP contribution < -0.4 is 14.8 Å². The number of aryl methyl sites for hydroxylation is 1. The summed E-state index contributed by atoms with van der Waals surface area (Å²) in [6.45, 7) is 7.76. The molecule has 2 heterocycles. The van der Waals surface area contributed by atoms with Gasteiger partial charge in [-0.1, -0.05) is 25.1 Å². The molecule has 1 aromatic carbocycles. The van der Waals surface area contributed by atoms with E-state index in [4.69, 9.17) is 14.0 Å². The third kappa shape index (κ3) is 3.65. The molecule has 7 heteroatoms. The minimum absolute atomic E-state index is 0.157. The van der Waals surface area contributed by atoms with E-state index in [0.717, 1.165) is 11.3 Å². The van der Waals surface area contributed by atoms with E-state index in [-0.39, 0.29) is 17.9 Å². The number of hydrogen-bond acceptors (Lipinski definition) is 6. The fourth-order valence-electron chi connectivity index (χ4n) is 3.07. The number of fused-ring (bicyclic) bond motifs is 1. The Kier molecular flexibility index (Phi) is 5.53. The van der Waals surface area contributed by atoms with Crippen LogP contribution in [0, 0.1) is 6.92 Å². The summed E-state index contributed by atoms with van der Waals surface area (Å²) in [6.07, 6.45) is 0. The first kappa shape index (κ1) is 19.7. The number of rotatable bonds is 6. The minimum Gasteiger partial charge on any atom is -0.493 e. The predicted octanol–water partition coefficient (Wildman–Crippen LogP) is 4.16. The molecular formula is C21H25N3O4. The van der Waals surface area contributed by atoms with Crippen LogP contribution in [0.4, 0.5) is 0 Å². The SMILES string of the molecule is COc1ccc(C(C)NC(=O)c2cc(C(C)C)nc3onc(C)c23)cc1OC. The summed E-state index contributed by atoms with van der Waals surface area (Å²) in [5.41, 5.74) is 3.23. The first-order chi connectivity index (χ1) is 13.3. The standard InChI is InChI=1S/C21H25N3O4/c1-11(2)16-10-15(19-13(4)24-28-21(19)23-16)20(25)22-12(3)14-7-8-17(26-5)18(9-14)27-6/h7-12H,1-6H3,(H,22,25). The van der Waals surface area contributed by atoms with Crippen LogP contribution in [0.25, 0.3) is 11.1 Å². The molecule has 0 saturated heterocycles. The number of nitrogens with zero attached hydrogens (tertiary/aromatic N) is 2. The van der Waals surface area contributed by atoms with E-state index in [9.17, 15) is 4.79 Å². The Morgan fingerprint density at radius 3 is 2.46 bits per heavy atom. The van der Waals surface area contributed by atoms with Crippen molar-refractivity contribution in [2.24, 2.45) is 0 Å². The zero-order valence-electron chi connectivity index (χ0n) is 17.0. The molecule has 3 rings (SSSR count). The molecule has 148 valence electrons. The molecule has 0 fully saturated rings.